The van der Waals surface area contributed by atoms with Crippen LogP contribution in [0.4, 0.5) is 0 Å². The average Bonchev–Trinajstić information content (AvgIpc) is 2.57. The van der Waals surface area contributed by atoms with Crippen molar-refractivity contribution < 1.29 is 4.74 Å². The Morgan fingerprint density at radius 3 is 2.58 bits per heavy atom. The summed E-state index contributed by atoms with van der Waals surface area (Å²) in [6.07, 6.45) is 1.69. The highest BCUT2D eigenvalue weighted by atomic mass is 35.5. The molecule has 0 heterocycles. The highest BCUT2D eigenvalue weighted by molar-refractivity contribution is 7.80. The standard InChI is InChI=1S/C17H17Cl2N3OS/c1-2-20-17(24)22-21-10-12-3-6-14(7-4-12)23-11-13-5-8-15(18)16(19)9-13/h3-10H,2,11H2,1H3,(H2,20,22,24)/b21-10+. The molecule has 2 N–H and O–H groups in total. The van der Waals surface area contributed by atoms with Crippen LogP contribution in [0.3, 0.4) is 0 Å². The third kappa shape index (κ3) is 6.00. The Kier molecular flexibility index (Phi) is 7.31. The summed E-state index contributed by atoms with van der Waals surface area (Å²) >= 11 is 16.9. The van der Waals surface area contributed by atoms with Gasteiger partial charge in [0, 0.05) is 6.54 Å². The molecule has 0 amide bonds. The first-order valence-corrected chi connectivity index (χ1v) is 8.48. The second-order valence-corrected chi connectivity index (χ2v) is 6.06. The van der Waals surface area contributed by atoms with Crippen LogP contribution in [-0.4, -0.2) is 17.9 Å². The Bertz CT molecular complexity index is 720. The third-order valence-electron chi connectivity index (χ3n) is 2.99. The Hall–Kier alpha value is -1.82. The fourth-order valence-electron chi connectivity index (χ4n) is 1.81. The van der Waals surface area contributed by atoms with Gasteiger partial charge in [0.15, 0.2) is 5.11 Å². The summed E-state index contributed by atoms with van der Waals surface area (Å²) in [5.74, 6) is 0.759. The van der Waals surface area contributed by atoms with Crippen LogP contribution in [0.2, 0.25) is 10.0 Å². The lowest BCUT2D eigenvalue weighted by Crippen LogP contribution is -2.31. The largest absolute Gasteiger partial charge is 0.489 e. The summed E-state index contributed by atoms with van der Waals surface area (Å²) in [4.78, 5) is 0. The minimum Gasteiger partial charge on any atom is -0.489 e. The smallest absolute Gasteiger partial charge is 0.186 e. The van der Waals surface area contributed by atoms with Crippen molar-refractivity contribution in [3.8, 4) is 5.75 Å². The normalized spacial score (nSPS) is 10.6. The lowest BCUT2D eigenvalue weighted by Gasteiger charge is -2.07. The molecule has 0 aliphatic heterocycles. The van der Waals surface area contributed by atoms with Gasteiger partial charge in [0.1, 0.15) is 12.4 Å². The molecule has 0 aliphatic carbocycles. The van der Waals surface area contributed by atoms with Gasteiger partial charge in [-0.25, -0.2) is 0 Å². The second kappa shape index (κ2) is 9.47. The Morgan fingerprint density at radius 2 is 1.92 bits per heavy atom. The van der Waals surface area contributed by atoms with Gasteiger partial charge in [0.2, 0.25) is 0 Å². The zero-order valence-electron chi connectivity index (χ0n) is 13.1. The zero-order chi connectivity index (χ0) is 17.4. The number of thiocarbonyl (C=S) groups is 1. The van der Waals surface area contributed by atoms with E-state index in [0.717, 1.165) is 23.4 Å². The molecule has 4 nitrogen and oxygen atoms in total. The Labute approximate surface area is 156 Å². The van der Waals surface area contributed by atoms with E-state index in [9.17, 15) is 0 Å². The first-order valence-electron chi connectivity index (χ1n) is 7.32. The van der Waals surface area contributed by atoms with Crippen molar-refractivity contribution >= 4 is 46.7 Å². The maximum absolute atomic E-state index is 5.99. The highest BCUT2D eigenvalue weighted by Crippen LogP contribution is 2.23. The number of hydrazone groups is 1. The van der Waals surface area contributed by atoms with E-state index < -0.39 is 0 Å². The fourth-order valence-corrected chi connectivity index (χ4v) is 2.33. The first-order chi connectivity index (χ1) is 11.6. The van der Waals surface area contributed by atoms with Crippen LogP contribution in [0.5, 0.6) is 5.75 Å². The molecule has 2 aromatic carbocycles. The molecular formula is C17H17Cl2N3OS. The van der Waals surface area contributed by atoms with Crippen molar-refractivity contribution in [1.29, 1.82) is 0 Å². The van der Waals surface area contributed by atoms with Crippen molar-refractivity contribution in [1.82, 2.24) is 10.7 Å². The van der Waals surface area contributed by atoms with Gasteiger partial charge < -0.3 is 10.1 Å². The van der Waals surface area contributed by atoms with Gasteiger partial charge in [0.05, 0.1) is 16.3 Å². The monoisotopic (exact) mass is 381 g/mol. The number of halogens is 2. The molecule has 2 aromatic rings. The third-order valence-corrected chi connectivity index (χ3v) is 3.96. The van der Waals surface area contributed by atoms with Crippen LogP contribution in [0.25, 0.3) is 0 Å². The van der Waals surface area contributed by atoms with E-state index in [0.29, 0.717) is 21.8 Å². The molecule has 0 aromatic heterocycles. The van der Waals surface area contributed by atoms with E-state index >= 15 is 0 Å². The summed E-state index contributed by atoms with van der Waals surface area (Å²) in [5.41, 5.74) is 4.63. The summed E-state index contributed by atoms with van der Waals surface area (Å²) in [5, 5.41) is 8.55. The van der Waals surface area contributed by atoms with Gasteiger partial charge in [-0.1, -0.05) is 29.3 Å². The van der Waals surface area contributed by atoms with E-state index in [4.69, 9.17) is 40.2 Å². The SMILES string of the molecule is CCNC(=S)N/N=C/c1ccc(OCc2ccc(Cl)c(Cl)c2)cc1. The van der Waals surface area contributed by atoms with Gasteiger partial charge in [-0.2, -0.15) is 5.10 Å². The summed E-state index contributed by atoms with van der Waals surface area (Å²) in [6, 6.07) is 13.0. The predicted octanol–water partition coefficient (Wildman–Crippen LogP) is 4.39. The number of hydrogen-bond acceptors (Lipinski definition) is 3. The molecular weight excluding hydrogens is 365 g/mol. The summed E-state index contributed by atoms with van der Waals surface area (Å²) in [6.45, 7) is 3.14. The van der Waals surface area contributed by atoms with Crippen molar-refractivity contribution in [3.05, 3.63) is 63.6 Å². The molecule has 0 radical (unpaired) electrons. The first kappa shape index (κ1) is 18.5. The van der Waals surface area contributed by atoms with E-state index in [-0.39, 0.29) is 0 Å². The number of nitrogens with zero attached hydrogens (tertiary/aromatic N) is 1. The van der Waals surface area contributed by atoms with Gasteiger partial charge >= 0.3 is 0 Å². The van der Waals surface area contributed by atoms with Crippen molar-refractivity contribution in [2.24, 2.45) is 5.10 Å². The summed E-state index contributed by atoms with van der Waals surface area (Å²) in [7, 11) is 0. The van der Waals surface area contributed by atoms with Crippen LogP contribution in [-0.2, 0) is 6.61 Å². The van der Waals surface area contributed by atoms with E-state index in [1.807, 2.05) is 37.3 Å². The number of rotatable bonds is 6. The maximum Gasteiger partial charge on any atom is 0.186 e. The number of hydrogen-bond donors (Lipinski definition) is 2. The van der Waals surface area contributed by atoms with Crippen LogP contribution in [0.15, 0.2) is 47.6 Å². The number of benzene rings is 2. The van der Waals surface area contributed by atoms with Crippen molar-refractivity contribution in [2.75, 3.05) is 6.54 Å². The molecule has 0 aliphatic rings. The zero-order valence-corrected chi connectivity index (χ0v) is 15.4. The second-order valence-electron chi connectivity index (χ2n) is 4.84. The molecule has 7 heteroatoms. The highest BCUT2D eigenvalue weighted by Gasteiger charge is 2.01. The average molecular weight is 382 g/mol. The predicted molar refractivity (Wildman–Crippen MR) is 104 cm³/mol. The van der Waals surface area contributed by atoms with Crippen LogP contribution in [0.1, 0.15) is 18.1 Å². The molecule has 0 saturated carbocycles. The number of ether oxygens (including phenoxy) is 1. The maximum atomic E-state index is 5.99. The van der Waals surface area contributed by atoms with E-state index in [2.05, 4.69) is 15.8 Å². The molecule has 126 valence electrons. The molecule has 24 heavy (non-hydrogen) atoms. The Morgan fingerprint density at radius 1 is 1.17 bits per heavy atom. The lowest BCUT2D eigenvalue weighted by atomic mass is 10.2. The molecule has 0 spiro atoms. The van der Waals surface area contributed by atoms with Crippen LogP contribution >= 0.6 is 35.4 Å². The van der Waals surface area contributed by atoms with Crippen LogP contribution in [0, 0.1) is 0 Å². The lowest BCUT2D eigenvalue weighted by molar-refractivity contribution is 0.306. The molecule has 0 unspecified atom stereocenters. The van der Waals surface area contributed by atoms with Gasteiger partial charge in [-0.05, 0) is 66.7 Å². The Balaban J connectivity index is 1.86. The van der Waals surface area contributed by atoms with Gasteiger partial charge in [-0.3, -0.25) is 5.43 Å². The molecule has 0 bridgehead atoms. The molecule has 0 saturated heterocycles. The fraction of sp³-hybridized carbons (Fsp3) is 0.176. The van der Waals surface area contributed by atoms with Gasteiger partial charge in [-0.15, -0.1) is 0 Å². The van der Waals surface area contributed by atoms with E-state index in [1.165, 1.54) is 0 Å². The quantitative estimate of drug-likeness (QED) is 0.442. The minimum absolute atomic E-state index is 0.419. The molecule has 0 atom stereocenters. The number of nitrogens with one attached hydrogen (secondary N) is 2. The van der Waals surface area contributed by atoms with Crippen LogP contribution < -0.4 is 15.5 Å². The van der Waals surface area contributed by atoms with Gasteiger partial charge in [0.25, 0.3) is 0 Å². The summed E-state index contributed by atoms with van der Waals surface area (Å²) < 4.78 is 5.72. The van der Waals surface area contributed by atoms with E-state index in [1.54, 1.807) is 18.3 Å². The topological polar surface area (TPSA) is 45.7 Å². The molecule has 2 rings (SSSR count). The molecule has 0 fully saturated rings. The van der Waals surface area contributed by atoms with Crippen molar-refractivity contribution in [3.63, 3.8) is 0 Å². The van der Waals surface area contributed by atoms with Crippen molar-refractivity contribution in [2.45, 2.75) is 13.5 Å². The minimum atomic E-state index is 0.419.